The number of nitro groups is 1. The van der Waals surface area contributed by atoms with E-state index in [2.05, 4.69) is 10.3 Å². The van der Waals surface area contributed by atoms with E-state index >= 15 is 0 Å². The van der Waals surface area contributed by atoms with Crippen molar-refractivity contribution in [1.29, 1.82) is 0 Å². The number of anilines is 1. The number of nitro benzene ring substituents is 1. The minimum atomic E-state index is -0.447. The van der Waals surface area contributed by atoms with E-state index in [1.807, 2.05) is 0 Å². The van der Waals surface area contributed by atoms with Gasteiger partial charge in [-0.3, -0.25) is 10.1 Å². The Kier molecular flexibility index (Phi) is 5.37. The van der Waals surface area contributed by atoms with Gasteiger partial charge < -0.3 is 15.8 Å². The first kappa shape index (κ1) is 16.6. The highest BCUT2D eigenvalue weighted by Gasteiger charge is 2.11. The van der Waals surface area contributed by atoms with Crippen LogP contribution in [0.4, 0.5) is 11.4 Å². The van der Waals surface area contributed by atoms with Crippen LogP contribution in [0.1, 0.15) is 5.56 Å². The summed E-state index contributed by atoms with van der Waals surface area (Å²) in [5.41, 5.74) is 6.93. The molecule has 0 aromatic heterocycles. The second-order valence-electron chi connectivity index (χ2n) is 4.56. The molecule has 0 spiro atoms. The van der Waals surface area contributed by atoms with Crippen LogP contribution in [0, 0.1) is 10.1 Å². The van der Waals surface area contributed by atoms with Gasteiger partial charge in [0.25, 0.3) is 5.69 Å². The number of nitrogens with two attached hydrogens (primary N) is 1. The molecule has 0 radical (unpaired) electrons. The monoisotopic (exact) mass is 334 g/mol. The molecular weight excluding hydrogens is 320 g/mol. The topological polar surface area (TPSA) is 103 Å². The van der Waals surface area contributed by atoms with Crippen molar-refractivity contribution in [2.75, 3.05) is 12.4 Å². The first-order valence-corrected chi connectivity index (χ1v) is 7.02. The average Bonchev–Trinajstić information content (AvgIpc) is 2.53. The van der Waals surface area contributed by atoms with Gasteiger partial charge in [-0.1, -0.05) is 29.8 Å². The van der Waals surface area contributed by atoms with Crippen LogP contribution < -0.4 is 15.8 Å². The van der Waals surface area contributed by atoms with Gasteiger partial charge in [-0.25, -0.2) is 4.99 Å². The van der Waals surface area contributed by atoms with Crippen LogP contribution in [0.2, 0.25) is 5.02 Å². The fourth-order valence-corrected chi connectivity index (χ4v) is 2.18. The first-order chi connectivity index (χ1) is 11.0. The highest BCUT2D eigenvalue weighted by atomic mass is 35.5. The van der Waals surface area contributed by atoms with Crippen molar-refractivity contribution in [1.82, 2.24) is 0 Å². The summed E-state index contributed by atoms with van der Waals surface area (Å²) in [4.78, 5) is 14.6. The van der Waals surface area contributed by atoms with Crippen LogP contribution in [-0.4, -0.2) is 18.0 Å². The summed E-state index contributed by atoms with van der Waals surface area (Å²) in [5.74, 6) is 0.678. The molecule has 0 fully saturated rings. The van der Waals surface area contributed by atoms with E-state index in [1.54, 1.807) is 36.4 Å². The molecule has 0 atom stereocenters. The van der Waals surface area contributed by atoms with Gasteiger partial charge in [0.1, 0.15) is 5.75 Å². The van der Waals surface area contributed by atoms with Gasteiger partial charge in [0, 0.05) is 11.8 Å². The molecule has 0 amide bonds. The number of nitrogens with one attached hydrogen (secondary N) is 1. The predicted molar refractivity (Wildman–Crippen MR) is 90.0 cm³/mol. The molecule has 120 valence electrons. The number of ether oxygens (including phenoxy) is 1. The normalized spacial score (nSPS) is 11.1. The molecule has 2 aromatic rings. The summed E-state index contributed by atoms with van der Waals surface area (Å²) < 4.78 is 5.06. The lowest BCUT2D eigenvalue weighted by molar-refractivity contribution is -0.385. The molecule has 7 nitrogen and oxygen atoms in total. The zero-order valence-corrected chi connectivity index (χ0v) is 13.1. The highest BCUT2D eigenvalue weighted by molar-refractivity contribution is 6.32. The van der Waals surface area contributed by atoms with E-state index in [0.717, 1.165) is 0 Å². The summed E-state index contributed by atoms with van der Waals surface area (Å²) in [7, 11) is 1.52. The van der Waals surface area contributed by atoms with E-state index in [-0.39, 0.29) is 18.2 Å². The fourth-order valence-electron chi connectivity index (χ4n) is 1.92. The number of para-hydroxylation sites is 1. The number of benzene rings is 2. The average molecular weight is 335 g/mol. The Balaban J connectivity index is 2.09. The third kappa shape index (κ3) is 4.33. The highest BCUT2D eigenvalue weighted by Crippen LogP contribution is 2.27. The number of halogens is 1. The van der Waals surface area contributed by atoms with Gasteiger partial charge in [-0.05, 0) is 18.2 Å². The lowest BCUT2D eigenvalue weighted by Gasteiger charge is -2.08. The molecule has 8 heteroatoms. The molecule has 23 heavy (non-hydrogen) atoms. The van der Waals surface area contributed by atoms with Crippen molar-refractivity contribution in [2.45, 2.75) is 6.54 Å². The zero-order valence-electron chi connectivity index (χ0n) is 12.3. The Morgan fingerprint density at radius 1 is 1.39 bits per heavy atom. The maximum atomic E-state index is 10.9. The number of guanidine groups is 1. The van der Waals surface area contributed by atoms with Crippen LogP contribution in [0.25, 0.3) is 0 Å². The van der Waals surface area contributed by atoms with Gasteiger partial charge in [0.15, 0.2) is 5.96 Å². The smallest absolute Gasteiger partial charge is 0.274 e. The SMILES string of the molecule is COc1ccc(NC(N)=NCc2ccccc2[N+](=O)[O-])cc1Cl. The quantitative estimate of drug-likeness (QED) is 0.378. The zero-order chi connectivity index (χ0) is 16.8. The molecule has 0 aliphatic carbocycles. The number of methoxy groups -OCH3 is 1. The summed E-state index contributed by atoms with van der Waals surface area (Å²) in [6.45, 7) is 0.0971. The van der Waals surface area contributed by atoms with E-state index in [0.29, 0.717) is 22.0 Å². The van der Waals surface area contributed by atoms with Crippen molar-refractivity contribution in [3.63, 3.8) is 0 Å². The minimum Gasteiger partial charge on any atom is -0.495 e. The van der Waals surface area contributed by atoms with E-state index in [4.69, 9.17) is 22.1 Å². The Morgan fingerprint density at radius 3 is 2.78 bits per heavy atom. The van der Waals surface area contributed by atoms with Crippen molar-refractivity contribution in [3.05, 3.63) is 63.2 Å². The number of hydrogen-bond acceptors (Lipinski definition) is 4. The Labute approximate surface area is 137 Å². The van der Waals surface area contributed by atoms with Crippen molar-refractivity contribution >= 4 is 28.9 Å². The largest absolute Gasteiger partial charge is 0.495 e. The van der Waals surface area contributed by atoms with E-state index in [9.17, 15) is 10.1 Å². The molecule has 0 bridgehead atoms. The van der Waals surface area contributed by atoms with Crippen LogP contribution in [0.3, 0.4) is 0 Å². The molecular formula is C15H15ClN4O3. The Morgan fingerprint density at radius 2 is 2.13 bits per heavy atom. The lowest BCUT2D eigenvalue weighted by Crippen LogP contribution is -2.22. The second-order valence-corrected chi connectivity index (χ2v) is 4.97. The molecule has 0 aliphatic rings. The van der Waals surface area contributed by atoms with Crippen LogP contribution in [-0.2, 0) is 6.54 Å². The van der Waals surface area contributed by atoms with Crippen molar-refractivity contribution < 1.29 is 9.66 Å². The molecule has 0 saturated heterocycles. The minimum absolute atomic E-state index is 0.0107. The number of nitrogens with zero attached hydrogens (tertiary/aromatic N) is 2. The molecule has 0 heterocycles. The van der Waals surface area contributed by atoms with Gasteiger partial charge in [-0.15, -0.1) is 0 Å². The maximum Gasteiger partial charge on any atom is 0.274 e. The summed E-state index contributed by atoms with van der Waals surface area (Å²) in [6, 6.07) is 11.5. The number of rotatable bonds is 5. The standard InChI is InChI=1S/C15H15ClN4O3/c1-23-14-7-6-11(8-12(14)16)19-15(17)18-9-10-4-2-3-5-13(10)20(21)22/h2-8H,9H2,1H3,(H3,17,18,19). The molecule has 2 aromatic carbocycles. The molecule has 3 N–H and O–H groups in total. The fraction of sp³-hybridized carbons (Fsp3) is 0.133. The first-order valence-electron chi connectivity index (χ1n) is 6.64. The molecule has 0 aliphatic heterocycles. The summed E-state index contributed by atoms with van der Waals surface area (Å²) >= 11 is 6.02. The van der Waals surface area contributed by atoms with Crippen molar-refractivity contribution in [3.8, 4) is 5.75 Å². The third-order valence-corrected chi connectivity index (χ3v) is 3.33. The van der Waals surface area contributed by atoms with Crippen LogP contribution in [0.15, 0.2) is 47.5 Å². The maximum absolute atomic E-state index is 10.9. The van der Waals surface area contributed by atoms with Gasteiger partial charge in [0.2, 0.25) is 0 Å². The van der Waals surface area contributed by atoms with Crippen LogP contribution >= 0.6 is 11.6 Å². The lowest BCUT2D eigenvalue weighted by atomic mass is 10.2. The number of aliphatic imine (C=N–C) groups is 1. The molecule has 0 saturated carbocycles. The summed E-state index contributed by atoms with van der Waals surface area (Å²) in [5, 5.41) is 14.2. The molecule has 2 rings (SSSR count). The van der Waals surface area contributed by atoms with Gasteiger partial charge in [-0.2, -0.15) is 0 Å². The van der Waals surface area contributed by atoms with E-state index in [1.165, 1.54) is 13.2 Å². The third-order valence-electron chi connectivity index (χ3n) is 3.03. The number of hydrogen-bond donors (Lipinski definition) is 2. The van der Waals surface area contributed by atoms with Crippen molar-refractivity contribution in [2.24, 2.45) is 10.7 Å². The Bertz CT molecular complexity index is 749. The Hall–Kier alpha value is -2.80. The van der Waals surface area contributed by atoms with Gasteiger partial charge in [0.05, 0.1) is 29.2 Å². The van der Waals surface area contributed by atoms with Gasteiger partial charge >= 0.3 is 0 Å². The van der Waals surface area contributed by atoms with E-state index < -0.39 is 4.92 Å². The predicted octanol–water partition coefficient (Wildman–Crippen LogP) is 3.18. The summed E-state index contributed by atoms with van der Waals surface area (Å²) in [6.07, 6.45) is 0. The van der Waals surface area contributed by atoms with Crippen LogP contribution in [0.5, 0.6) is 5.75 Å². The molecule has 0 unspecified atom stereocenters. The second kappa shape index (κ2) is 7.46.